The van der Waals surface area contributed by atoms with Crippen molar-refractivity contribution in [1.29, 1.82) is 0 Å². The van der Waals surface area contributed by atoms with Crippen LogP contribution in [0.4, 0.5) is 5.69 Å². The van der Waals surface area contributed by atoms with Crippen LogP contribution in [0.2, 0.25) is 0 Å². The number of aryl methyl sites for hydroxylation is 2. The third-order valence-electron chi connectivity index (χ3n) is 3.54. The van der Waals surface area contributed by atoms with Crippen molar-refractivity contribution in [3.8, 4) is 0 Å². The summed E-state index contributed by atoms with van der Waals surface area (Å²) in [5.74, 6) is -0.352. The fourth-order valence-electron chi connectivity index (χ4n) is 2.22. The largest absolute Gasteiger partial charge is 0.466 e. The molecule has 7 heteroatoms. The predicted octanol–water partition coefficient (Wildman–Crippen LogP) is 3.98. The number of nitrogens with zero attached hydrogens (tertiary/aromatic N) is 1. The molecule has 134 valence electrons. The molecule has 1 atom stereocenters. The van der Waals surface area contributed by atoms with E-state index in [0.29, 0.717) is 12.3 Å². The zero-order chi connectivity index (χ0) is 18.4. The van der Waals surface area contributed by atoms with E-state index >= 15 is 0 Å². The van der Waals surface area contributed by atoms with Gasteiger partial charge in [-0.15, -0.1) is 11.3 Å². The number of thiazole rings is 1. The summed E-state index contributed by atoms with van der Waals surface area (Å²) >= 11 is 2.82. The summed E-state index contributed by atoms with van der Waals surface area (Å²) in [5, 5.41) is 4.53. The first kappa shape index (κ1) is 19.5. The molecule has 1 aromatic heterocycles. The van der Waals surface area contributed by atoms with E-state index in [1.807, 2.05) is 44.4 Å². The molecule has 1 N–H and O–H groups in total. The number of hydrogen-bond donors (Lipinski definition) is 1. The molecule has 2 aromatic rings. The number of amides is 1. The van der Waals surface area contributed by atoms with Crippen molar-refractivity contribution in [2.75, 3.05) is 11.9 Å². The molecule has 1 amide bonds. The van der Waals surface area contributed by atoms with Crippen LogP contribution in [0, 0.1) is 13.8 Å². The molecule has 0 aliphatic carbocycles. The second-order valence-electron chi connectivity index (χ2n) is 5.60. The summed E-state index contributed by atoms with van der Waals surface area (Å²) < 4.78 is 5.69. The summed E-state index contributed by atoms with van der Waals surface area (Å²) in [6.07, 6.45) is 0.161. The van der Waals surface area contributed by atoms with E-state index in [-0.39, 0.29) is 23.5 Å². The molecule has 0 radical (unpaired) electrons. The van der Waals surface area contributed by atoms with Gasteiger partial charge in [0.2, 0.25) is 5.91 Å². The molecule has 2 rings (SSSR count). The highest BCUT2D eigenvalue weighted by Crippen LogP contribution is 2.28. The van der Waals surface area contributed by atoms with Gasteiger partial charge >= 0.3 is 5.97 Å². The van der Waals surface area contributed by atoms with Crippen LogP contribution in [-0.2, 0) is 20.7 Å². The number of nitrogens with one attached hydrogen (secondary N) is 1. The first-order valence-corrected chi connectivity index (χ1v) is 9.80. The zero-order valence-corrected chi connectivity index (χ0v) is 16.4. The molecule has 25 heavy (non-hydrogen) atoms. The number of esters is 1. The Kier molecular flexibility index (Phi) is 7.01. The maximum absolute atomic E-state index is 12.5. The van der Waals surface area contributed by atoms with Crippen molar-refractivity contribution in [3.63, 3.8) is 0 Å². The first-order valence-electron chi connectivity index (χ1n) is 8.04. The average molecular weight is 379 g/mol. The van der Waals surface area contributed by atoms with Crippen molar-refractivity contribution in [2.45, 2.75) is 43.7 Å². The van der Waals surface area contributed by atoms with Crippen LogP contribution in [0.3, 0.4) is 0 Å². The van der Waals surface area contributed by atoms with E-state index in [9.17, 15) is 9.59 Å². The average Bonchev–Trinajstić information content (AvgIpc) is 2.97. The van der Waals surface area contributed by atoms with Crippen molar-refractivity contribution < 1.29 is 14.3 Å². The smallest absolute Gasteiger partial charge is 0.311 e. The second-order valence-corrected chi connectivity index (χ2v) is 8.05. The van der Waals surface area contributed by atoms with E-state index in [2.05, 4.69) is 10.3 Å². The van der Waals surface area contributed by atoms with Crippen molar-refractivity contribution in [2.24, 2.45) is 0 Å². The molecule has 0 saturated carbocycles. The van der Waals surface area contributed by atoms with Crippen LogP contribution in [0.15, 0.2) is 27.9 Å². The molecular formula is C18H22N2O3S2. The number of benzene rings is 1. The molecule has 0 spiro atoms. The summed E-state index contributed by atoms with van der Waals surface area (Å²) in [5.41, 5.74) is 3.61. The van der Waals surface area contributed by atoms with Gasteiger partial charge in [-0.05, 0) is 38.8 Å². The van der Waals surface area contributed by atoms with Crippen molar-refractivity contribution >= 4 is 40.7 Å². The predicted molar refractivity (Wildman–Crippen MR) is 102 cm³/mol. The Morgan fingerprint density at radius 1 is 1.32 bits per heavy atom. The van der Waals surface area contributed by atoms with Crippen LogP contribution >= 0.6 is 23.1 Å². The lowest BCUT2D eigenvalue weighted by molar-refractivity contribution is -0.142. The van der Waals surface area contributed by atoms with Gasteiger partial charge < -0.3 is 10.1 Å². The van der Waals surface area contributed by atoms with Gasteiger partial charge in [0, 0.05) is 11.1 Å². The maximum atomic E-state index is 12.5. The summed E-state index contributed by atoms with van der Waals surface area (Å²) in [6, 6.07) is 5.92. The Bertz CT molecular complexity index is 738. The van der Waals surface area contributed by atoms with Gasteiger partial charge in [-0.25, -0.2) is 4.98 Å². The third-order valence-corrected chi connectivity index (χ3v) is 5.66. The van der Waals surface area contributed by atoms with Crippen LogP contribution in [0.1, 0.15) is 30.7 Å². The number of rotatable bonds is 7. The van der Waals surface area contributed by atoms with E-state index in [4.69, 9.17) is 4.74 Å². The van der Waals surface area contributed by atoms with Crippen LogP contribution < -0.4 is 5.32 Å². The quantitative estimate of drug-likeness (QED) is 0.583. The van der Waals surface area contributed by atoms with Gasteiger partial charge in [0.05, 0.1) is 24.0 Å². The van der Waals surface area contributed by atoms with Gasteiger partial charge in [0.15, 0.2) is 4.34 Å². The molecule has 0 unspecified atom stereocenters. The number of ether oxygens (including phenoxy) is 1. The highest BCUT2D eigenvalue weighted by Gasteiger charge is 2.18. The van der Waals surface area contributed by atoms with Crippen LogP contribution in [0.5, 0.6) is 0 Å². The summed E-state index contributed by atoms with van der Waals surface area (Å²) in [7, 11) is 0. The lowest BCUT2D eigenvalue weighted by atomic mass is 10.1. The summed E-state index contributed by atoms with van der Waals surface area (Å²) in [4.78, 5) is 28.4. The lowest BCUT2D eigenvalue weighted by Gasteiger charge is -2.14. The Balaban J connectivity index is 1.95. The highest BCUT2D eigenvalue weighted by molar-refractivity contribution is 8.02. The standard InChI is InChI=1S/C18H22N2O3S2/c1-5-23-15(21)9-14-10-24-18(19-14)25-13(4)17(22)20-16-11(2)7-6-8-12(16)3/h6-8,10,13H,5,9H2,1-4H3,(H,20,22)/t13-/m1/s1. The minimum atomic E-state index is -0.291. The molecule has 1 heterocycles. The van der Waals surface area contributed by atoms with Gasteiger partial charge in [0.1, 0.15) is 0 Å². The monoisotopic (exact) mass is 378 g/mol. The van der Waals surface area contributed by atoms with E-state index < -0.39 is 0 Å². The maximum Gasteiger partial charge on any atom is 0.311 e. The van der Waals surface area contributed by atoms with Crippen molar-refractivity contribution in [3.05, 3.63) is 40.4 Å². The number of aromatic nitrogens is 1. The zero-order valence-electron chi connectivity index (χ0n) is 14.8. The molecular weight excluding hydrogens is 356 g/mol. The fraction of sp³-hybridized carbons (Fsp3) is 0.389. The number of carbonyl (C=O) groups excluding carboxylic acids is 2. The van der Waals surface area contributed by atoms with Crippen LogP contribution in [-0.4, -0.2) is 28.7 Å². The Labute approximate surface area is 156 Å². The van der Waals surface area contributed by atoms with E-state index in [1.54, 1.807) is 6.92 Å². The SMILES string of the molecule is CCOC(=O)Cc1csc(S[C@H](C)C(=O)Nc2c(C)cccc2C)n1. The van der Waals surface area contributed by atoms with Crippen molar-refractivity contribution in [1.82, 2.24) is 4.98 Å². The Morgan fingerprint density at radius 3 is 2.64 bits per heavy atom. The lowest BCUT2D eigenvalue weighted by Crippen LogP contribution is -2.23. The summed E-state index contributed by atoms with van der Waals surface area (Å²) in [6.45, 7) is 7.93. The van der Waals surface area contributed by atoms with Gasteiger partial charge in [-0.2, -0.15) is 0 Å². The third kappa shape index (κ3) is 5.57. The minimum Gasteiger partial charge on any atom is -0.466 e. The van der Waals surface area contributed by atoms with Gasteiger partial charge in [-0.1, -0.05) is 30.0 Å². The normalized spacial score (nSPS) is 11.8. The van der Waals surface area contributed by atoms with Crippen LogP contribution in [0.25, 0.3) is 0 Å². The van der Waals surface area contributed by atoms with E-state index in [1.165, 1.54) is 23.1 Å². The molecule has 5 nitrogen and oxygen atoms in total. The highest BCUT2D eigenvalue weighted by atomic mass is 32.2. The number of carbonyl (C=O) groups is 2. The number of hydrogen-bond acceptors (Lipinski definition) is 6. The molecule has 0 aliphatic rings. The molecule has 0 aliphatic heterocycles. The number of para-hydroxylation sites is 1. The topological polar surface area (TPSA) is 68.3 Å². The molecule has 0 bridgehead atoms. The Morgan fingerprint density at radius 2 is 2.00 bits per heavy atom. The second kappa shape index (κ2) is 9.01. The molecule has 0 saturated heterocycles. The fourth-order valence-corrected chi connectivity index (χ4v) is 4.21. The number of thioether (sulfide) groups is 1. The van der Waals surface area contributed by atoms with E-state index in [0.717, 1.165) is 21.2 Å². The molecule has 0 fully saturated rings. The first-order chi connectivity index (χ1) is 11.9. The molecule has 1 aromatic carbocycles. The minimum absolute atomic E-state index is 0.0652. The van der Waals surface area contributed by atoms with Gasteiger partial charge in [0.25, 0.3) is 0 Å². The number of anilines is 1. The van der Waals surface area contributed by atoms with Gasteiger partial charge in [-0.3, -0.25) is 9.59 Å². The Hall–Kier alpha value is -1.86.